The number of non-ortho nitro benzene ring substituents is 1. The summed E-state index contributed by atoms with van der Waals surface area (Å²) in [6.45, 7) is 0. The molecule has 3 rings (SSSR count). The largest absolute Gasteiger partial charge is 0.495 e. The monoisotopic (exact) mass is 338 g/mol. The number of hydrogen-bond acceptors (Lipinski definition) is 5. The maximum absolute atomic E-state index is 12.4. The summed E-state index contributed by atoms with van der Waals surface area (Å²) >= 11 is 0. The number of methoxy groups -OCH3 is 1. The van der Waals surface area contributed by atoms with Gasteiger partial charge in [0.1, 0.15) is 5.75 Å². The number of nitro groups is 1. The third-order valence-corrected chi connectivity index (χ3v) is 3.54. The molecule has 1 heterocycles. The molecule has 0 unspecified atom stereocenters. The van der Waals surface area contributed by atoms with Crippen molar-refractivity contribution in [3.63, 3.8) is 0 Å². The molecule has 0 bridgehead atoms. The fourth-order valence-corrected chi connectivity index (χ4v) is 2.29. The van der Waals surface area contributed by atoms with Crippen molar-refractivity contribution in [2.45, 2.75) is 0 Å². The fraction of sp³-hybridized carbons (Fsp3) is 0.0588. The van der Waals surface area contributed by atoms with E-state index in [1.54, 1.807) is 47.4 Å². The van der Waals surface area contributed by atoms with Gasteiger partial charge in [0.05, 0.1) is 23.4 Å². The summed E-state index contributed by atoms with van der Waals surface area (Å²) in [5.41, 5.74) is 1.32. The van der Waals surface area contributed by atoms with Crippen molar-refractivity contribution in [1.29, 1.82) is 0 Å². The Morgan fingerprint density at radius 3 is 2.60 bits per heavy atom. The zero-order valence-corrected chi connectivity index (χ0v) is 13.2. The van der Waals surface area contributed by atoms with Crippen LogP contribution < -0.4 is 10.1 Å². The zero-order valence-electron chi connectivity index (χ0n) is 13.2. The molecule has 1 N–H and O–H groups in total. The van der Waals surface area contributed by atoms with Gasteiger partial charge in [-0.3, -0.25) is 14.9 Å². The number of carbonyl (C=O) groups is 1. The van der Waals surface area contributed by atoms with Gasteiger partial charge in [-0.05, 0) is 36.4 Å². The lowest BCUT2D eigenvalue weighted by atomic mass is 10.2. The van der Waals surface area contributed by atoms with Gasteiger partial charge in [-0.25, -0.2) is 4.68 Å². The zero-order chi connectivity index (χ0) is 17.8. The topological polar surface area (TPSA) is 99.3 Å². The molecular weight excluding hydrogens is 324 g/mol. The van der Waals surface area contributed by atoms with E-state index in [1.165, 1.54) is 25.3 Å². The number of ether oxygens (including phenoxy) is 1. The highest BCUT2D eigenvalue weighted by molar-refractivity contribution is 6.05. The second-order valence-corrected chi connectivity index (χ2v) is 5.09. The van der Waals surface area contributed by atoms with E-state index in [-0.39, 0.29) is 11.4 Å². The first-order valence-electron chi connectivity index (χ1n) is 7.32. The first-order chi connectivity index (χ1) is 12.1. The number of amides is 1. The number of hydrogen-bond donors (Lipinski definition) is 1. The molecule has 8 heteroatoms. The number of aromatic nitrogens is 2. The van der Waals surface area contributed by atoms with Gasteiger partial charge < -0.3 is 10.1 Å². The highest BCUT2D eigenvalue weighted by Crippen LogP contribution is 2.29. The van der Waals surface area contributed by atoms with Gasteiger partial charge in [-0.1, -0.05) is 0 Å². The van der Waals surface area contributed by atoms with Crippen LogP contribution in [0.4, 0.5) is 11.4 Å². The summed E-state index contributed by atoms with van der Waals surface area (Å²) in [5, 5.41) is 17.7. The summed E-state index contributed by atoms with van der Waals surface area (Å²) in [6.07, 6.45) is 3.46. The number of anilines is 1. The summed E-state index contributed by atoms with van der Waals surface area (Å²) in [7, 11) is 1.43. The minimum Gasteiger partial charge on any atom is -0.495 e. The molecule has 0 saturated heterocycles. The summed E-state index contributed by atoms with van der Waals surface area (Å²) < 4.78 is 6.81. The van der Waals surface area contributed by atoms with Crippen LogP contribution in [0.1, 0.15) is 10.4 Å². The van der Waals surface area contributed by atoms with Crippen LogP contribution in [0.5, 0.6) is 5.75 Å². The smallest absolute Gasteiger partial charge is 0.271 e. The Labute approximate surface area is 142 Å². The van der Waals surface area contributed by atoms with Crippen LogP contribution in [0.3, 0.4) is 0 Å². The van der Waals surface area contributed by atoms with Crippen LogP contribution in [0.15, 0.2) is 60.9 Å². The lowest BCUT2D eigenvalue weighted by molar-refractivity contribution is -0.384. The lowest BCUT2D eigenvalue weighted by Gasteiger charge is -2.10. The molecule has 25 heavy (non-hydrogen) atoms. The molecule has 0 saturated carbocycles. The molecule has 0 atom stereocenters. The third-order valence-electron chi connectivity index (χ3n) is 3.54. The SMILES string of the molecule is COc1ccc([N+](=O)[O-])cc1NC(=O)c1ccc(-n2cccn2)cc1. The maximum atomic E-state index is 12.4. The van der Waals surface area contributed by atoms with Crippen LogP contribution in [0.2, 0.25) is 0 Å². The number of nitro benzene ring substituents is 1. The third kappa shape index (κ3) is 3.47. The predicted molar refractivity (Wildman–Crippen MR) is 91.2 cm³/mol. The van der Waals surface area contributed by atoms with Crippen molar-refractivity contribution >= 4 is 17.3 Å². The minimum atomic E-state index is -0.534. The van der Waals surface area contributed by atoms with Crippen molar-refractivity contribution in [3.05, 3.63) is 76.6 Å². The van der Waals surface area contributed by atoms with Crippen LogP contribution in [0, 0.1) is 10.1 Å². The van der Waals surface area contributed by atoms with Gasteiger partial charge in [0.15, 0.2) is 0 Å². The van der Waals surface area contributed by atoms with Gasteiger partial charge in [-0.15, -0.1) is 0 Å². The van der Waals surface area contributed by atoms with Crippen LogP contribution >= 0.6 is 0 Å². The summed E-state index contributed by atoms with van der Waals surface area (Å²) in [6, 6.07) is 12.6. The standard InChI is InChI=1S/C17H14N4O4/c1-25-16-8-7-14(21(23)24)11-15(16)19-17(22)12-3-5-13(6-4-12)20-10-2-9-18-20/h2-11H,1H3,(H,19,22). The average Bonchev–Trinajstić information content (AvgIpc) is 3.16. The molecule has 126 valence electrons. The van der Waals surface area contributed by atoms with Crippen LogP contribution in [-0.4, -0.2) is 27.7 Å². The van der Waals surface area contributed by atoms with Crippen LogP contribution in [0.25, 0.3) is 5.69 Å². The quantitative estimate of drug-likeness (QED) is 0.569. The fourth-order valence-electron chi connectivity index (χ4n) is 2.29. The van der Waals surface area contributed by atoms with Gasteiger partial charge in [0, 0.05) is 30.1 Å². The Morgan fingerprint density at radius 1 is 1.24 bits per heavy atom. The number of carbonyl (C=O) groups excluding carboxylic acids is 1. The van der Waals surface area contributed by atoms with Crippen molar-refractivity contribution in [2.24, 2.45) is 0 Å². The van der Waals surface area contributed by atoms with E-state index in [1.807, 2.05) is 0 Å². The minimum absolute atomic E-state index is 0.134. The number of nitrogens with one attached hydrogen (secondary N) is 1. The second kappa shape index (κ2) is 6.83. The molecule has 1 amide bonds. The van der Waals surface area contributed by atoms with Crippen molar-refractivity contribution in [2.75, 3.05) is 12.4 Å². The second-order valence-electron chi connectivity index (χ2n) is 5.09. The van der Waals surface area contributed by atoms with Gasteiger partial charge in [0.25, 0.3) is 11.6 Å². The number of benzene rings is 2. The average molecular weight is 338 g/mol. The van der Waals surface area contributed by atoms with Gasteiger partial charge >= 0.3 is 0 Å². The predicted octanol–water partition coefficient (Wildman–Crippen LogP) is 3.04. The molecule has 1 aromatic heterocycles. The molecule has 0 aliphatic heterocycles. The Bertz CT molecular complexity index is 905. The lowest BCUT2D eigenvalue weighted by Crippen LogP contribution is -2.13. The Kier molecular flexibility index (Phi) is 4.42. The molecule has 0 aliphatic carbocycles. The molecule has 0 fully saturated rings. The van der Waals surface area contributed by atoms with E-state index >= 15 is 0 Å². The normalized spacial score (nSPS) is 10.3. The van der Waals surface area contributed by atoms with E-state index in [9.17, 15) is 14.9 Å². The van der Waals surface area contributed by atoms with Gasteiger partial charge in [-0.2, -0.15) is 5.10 Å². The highest BCUT2D eigenvalue weighted by Gasteiger charge is 2.14. The summed E-state index contributed by atoms with van der Waals surface area (Å²) in [4.78, 5) is 22.8. The maximum Gasteiger partial charge on any atom is 0.271 e. The molecular formula is C17H14N4O4. The molecule has 3 aromatic rings. The van der Waals surface area contributed by atoms with E-state index < -0.39 is 10.8 Å². The van der Waals surface area contributed by atoms with Crippen molar-refractivity contribution in [3.8, 4) is 11.4 Å². The Balaban J connectivity index is 1.82. The molecule has 0 spiro atoms. The molecule has 2 aromatic carbocycles. The Hall–Kier alpha value is -3.68. The summed E-state index contributed by atoms with van der Waals surface area (Å²) in [5.74, 6) is -0.0575. The first-order valence-corrected chi connectivity index (χ1v) is 7.32. The number of nitrogens with zero attached hydrogens (tertiary/aromatic N) is 3. The Morgan fingerprint density at radius 2 is 2.00 bits per heavy atom. The van der Waals surface area contributed by atoms with Crippen molar-refractivity contribution < 1.29 is 14.5 Å². The highest BCUT2D eigenvalue weighted by atomic mass is 16.6. The van der Waals surface area contributed by atoms with E-state index in [2.05, 4.69) is 10.4 Å². The van der Waals surface area contributed by atoms with Crippen molar-refractivity contribution in [1.82, 2.24) is 9.78 Å². The molecule has 0 radical (unpaired) electrons. The van der Waals surface area contributed by atoms with E-state index in [0.29, 0.717) is 11.3 Å². The number of rotatable bonds is 5. The molecule has 0 aliphatic rings. The first kappa shape index (κ1) is 16.2. The van der Waals surface area contributed by atoms with Crippen LogP contribution in [-0.2, 0) is 0 Å². The molecule has 8 nitrogen and oxygen atoms in total. The van der Waals surface area contributed by atoms with E-state index in [4.69, 9.17) is 4.74 Å². The van der Waals surface area contributed by atoms with E-state index in [0.717, 1.165) is 5.69 Å². The van der Waals surface area contributed by atoms with Gasteiger partial charge in [0.2, 0.25) is 0 Å².